The van der Waals surface area contributed by atoms with Crippen LogP contribution in [0.2, 0.25) is 0 Å². The quantitative estimate of drug-likeness (QED) is 0.357. The first kappa shape index (κ1) is 20.7. The van der Waals surface area contributed by atoms with Gasteiger partial charge in [0.05, 0.1) is 5.69 Å². The van der Waals surface area contributed by atoms with E-state index in [1.165, 1.54) is 23.9 Å². The lowest BCUT2D eigenvalue weighted by molar-refractivity contribution is 0.0992. The maximum atomic E-state index is 13.7. The molecule has 4 aromatic rings. The number of rotatable bonds is 7. The zero-order valence-corrected chi connectivity index (χ0v) is 17.0. The monoisotopic (exact) mass is 437 g/mol. The van der Waals surface area contributed by atoms with E-state index in [0.717, 1.165) is 21.9 Å². The van der Waals surface area contributed by atoms with Gasteiger partial charge < -0.3 is 14.5 Å². The van der Waals surface area contributed by atoms with E-state index in [4.69, 9.17) is 9.15 Å². The SMILES string of the molecule is O=C(Nc1ccccc1Sc1ccccc1)c1ccc(COc2ccc(F)cc2F)o1. The van der Waals surface area contributed by atoms with Crippen molar-refractivity contribution in [1.29, 1.82) is 0 Å². The van der Waals surface area contributed by atoms with Crippen molar-refractivity contribution in [1.82, 2.24) is 0 Å². The number of furan rings is 1. The van der Waals surface area contributed by atoms with Gasteiger partial charge in [0.2, 0.25) is 0 Å². The van der Waals surface area contributed by atoms with Crippen LogP contribution in [0.3, 0.4) is 0 Å². The van der Waals surface area contributed by atoms with Crippen LogP contribution in [0.15, 0.2) is 99.1 Å². The molecule has 0 aliphatic heterocycles. The molecule has 4 rings (SSSR count). The van der Waals surface area contributed by atoms with Crippen molar-refractivity contribution >= 4 is 23.4 Å². The van der Waals surface area contributed by atoms with E-state index in [-0.39, 0.29) is 18.1 Å². The second-order valence-corrected chi connectivity index (χ2v) is 7.61. The highest BCUT2D eigenvalue weighted by Crippen LogP contribution is 2.33. The fourth-order valence-electron chi connectivity index (χ4n) is 2.78. The molecule has 1 N–H and O–H groups in total. The van der Waals surface area contributed by atoms with Crippen LogP contribution in [0.5, 0.6) is 5.75 Å². The van der Waals surface area contributed by atoms with Crippen molar-refractivity contribution in [2.45, 2.75) is 16.4 Å². The molecule has 0 spiro atoms. The molecule has 0 fully saturated rings. The van der Waals surface area contributed by atoms with Crippen molar-refractivity contribution < 1.29 is 22.7 Å². The molecule has 0 bridgehead atoms. The molecule has 156 valence electrons. The summed E-state index contributed by atoms with van der Waals surface area (Å²) in [4.78, 5) is 14.6. The smallest absolute Gasteiger partial charge is 0.291 e. The molecule has 0 saturated carbocycles. The number of amides is 1. The average Bonchev–Trinajstić information content (AvgIpc) is 3.24. The Balaban J connectivity index is 1.41. The Morgan fingerprint density at radius 2 is 1.71 bits per heavy atom. The normalized spacial score (nSPS) is 10.6. The van der Waals surface area contributed by atoms with Crippen LogP contribution in [0.4, 0.5) is 14.5 Å². The molecule has 1 heterocycles. The zero-order chi connectivity index (χ0) is 21.6. The van der Waals surface area contributed by atoms with Crippen LogP contribution in [0.25, 0.3) is 0 Å². The van der Waals surface area contributed by atoms with Gasteiger partial charge in [-0.1, -0.05) is 42.1 Å². The lowest BCUT2D eigenvalue weighted by Gasteiger charge is -2.10. The van der Waals surface area contributed by atoms with Crippen molar-refractivity contribution in [3.63, 3.8) is 0 Å². The molecule has 3 aromatic carbocycles. The highest BCUT2D eigenvalue weighted by atomic mass is 32.2. The van der Waals surface area contributed by atoms with Gasteiger partial charge in [0.25, 0.3) is 5.91 Å². The fourth-order valence-corrected chi connectivity index (χ4v) is 3.70. The molecule has 0 saturated heterocycles. The predicted octanol–water partition coefficient (Wildman–Crippen LogP) is 6.54. The number of para-hydroxylation sites is 1. The Morgan fingerprint density at radius 3 is 2.52 bits per heavy atom. The van der Waals surface area contributed by atoms with E-state index in [2.05, 4.69) is 5.32 Å². The van der Waals surface area contributed by atoms with Crippen LogP contribution in [-0.2, 0) is 6.61 Å². The van der Waals surface area contributed by atoms with Crippen LogP contribution < -0.4 is 10.1 Å². The molecular formula is C24H17F2NO3S. The summed E-state index contributed by atoms with van der Waals surface area (Å²) in [6.45, 7) is -0.101. The van der Waals surface area contributed by atoms with Gasteiger partial charge in [-0.15, -0.1) is 0 Å². The molecule has 0 unspecified atom stereocenters. The number of halogens is 2. The molecular weight excluding hydrogens is 420 g/mol. The number of ether oxygens (including phenoxy) is 1. The lowest BCUT2D eigenvalue weighted by Crippen LogP contribution is -2.11. The van der Waals surface area contributed by atoms with E-state index in [1.807, 2.05) is 54.6 Å². The van der Waals surface area contributed by atoms with Crippen LogP contribution in [0, 0.1) is 11.6 Å². The maximum absolute atomic E-state index is 13.7. The second kappa shape index (κ2) is 9.49. The minimum Gasteiger partial charge on any atom is -0.483 e. The molecule has 1 aromatic heterocycles. The molecule has 4 nitrogen and oxygen atoms in total. The van der Waals surface area contributed by atoms with Gasteiger partial charge in [-0.3, -0.25) is 4.79 Å². The van der Waals surface area contributed by atoms with Crippen LogP contribution >= 0.6 is 11.8 Å². The maximum Gasteiger partial charge on any atom is 0.291 e. The Hall–Kier alpha value is -3.58. The van der Waals surface area contributed by atoms with Crippen molar-refractivity contribution in [3.05, 3.63) is 108 Å². The standard InChI is InChI=1S/C24H17F2NO3S/c25-16-10-12-21(19(26)14-16)29-15-17-11-13-22(30-17)24(28)27-20-8-4-5-9-23(20)31-18-6-2-1-3-7-18/h1-14H,15H2,(H,27,28). The van der Waals surface area contributed by atoms with Gasteiger partial charge in [0.15, 0.2) is 17.3 Å². The van der Waals surface area contributed by atoms with Crippen molar-refractivity contribution in [2.75, 3.05) is 5.32 Å². The van der Waals surface area contributed by atoms with Gasteiger partial charge in [-0.2, -0.15) is 0 Å². The molecule has 0 aliphatic rings. The van der Waals surface area contributed by atoms with Gasteiger partial charge in [-0.25, -0.2) is 8.78 Å². The Bertz CT molecular complexity index is 1190. The predicted molar refractivity (Wildman–Crippen MR) is 114 cm³/mol. The molecule has 0 aliphatic carbocycles. The minimum atomic E-state index is -0.808. The summed E-state index contributed by atoms with van der Waals surface area (Å²) in [6.07, 6.45) is 0. The third kappa shape index (κ3) is 5.32. The van der Waals surface area contributed by atoms with Gasteiger partial charge >= 0.3 is 0 Å². The van der Waals surface area contributed by atoms with Crippen molar-refractivity contribution in [3.8, 4) is 5.75 Å². The number of carbonyl (C=O) groups is 1. The highest BCUT2D eigenvalue weighted by molar-refractivity contribution is 7.99. The molecule has 0 atom stereocenters. The summed E-state index contributed by atoms with van der Waals surface area (Å²) >= 11 is 1.54. The Kier molecular flexibility index (Phi) is 6.33. The second-order valence-electron chi connectivity index (χ2n) is 6.49. The summed E-state index contributed by atoms with van der Waals surface area (Å²) in [5.74, 6) is -1.58. The number of carbonyl (C=O) groups excluding carboxylic acids is 1. The molecule has 31 heavy (non-hydrogen) atoms. The summed E-state index contributed by atoms with van der Waals surface area (Å²) in [5.41, 5.74) is 0.656. The first-order chi connectivity index (χ1) is 15.1. The summed E-state index contributed by atoms with van der Waals surface area (Å²) in [6, 6.07) is 23.4. The Morgan fingerprint density at radius 1 is 0.935 bits per heavy atom. The minimum absolute atomic E-state index is 0.0951. The van der Waals surface area contributed by atoms with E-state index >= 15 is 0 Å². The lowest BCUT2D eigenvalue weighted by atomic mass is 10.3. The number of benzene rings is 3. The largest absolute Gasteiger partial charge is 0.483 e. The summed E-state index contributed by atoms with van der Waals surface area (Å²) in [5, 5.41) is 2.85. The first-order valence-corrected chi connectivity index (χ1v) is 10.2. The van der Waals surface area contributed by atoms with E-state index in [9.17, 15) is 13.6 Å². The molecule has 0 radical (unpaired) electrons. The fraction of sp³-hybridized carbons (Fsp3) is 0.0417. The highest BCUT2D eigenvalue weighted by Gasteiger charge is 2.15. The van der Waals surface area contributed by atoms with Gasteiger partial charge in [-0.05, 0) is 48.5 Å². The van der Waals surface area contributed by atoms with Gasteiger partial charge in [0.1, 0.15) is 18.2 Å². The van der Waals surface area contributed by atoms with Crippen molar-refractivity contribution in [2.24, 2.45) is 0 Å². The number of nitrogens with one attached hydrogen (secondary N) is 1. The number of anilines is 1. The zero-order valence-electron chi connectivity index (χ0n) is 16.2. The first-order valence-electron chi connectivity index (χ1n) is 9.38. The van der Waals surface area contributed by atoms with E-state index in [1.54, 1.807) is 6.07 Å². The topological polar surface area (TPSA) is 51.5 Å². The Labute approximate surface area is 181 Å². The third-order valence-electron chi connectivity index (χ3n) is 4.26. The van der Waals surface area contributed by atoms with Gasteiger partial charge in [0, 0.05) is 15.9 Å². The summed E-state index contributed by atoms with van der Waals surface area (Å²) < 4.78 is 37.5. The molecule has 1 amide bonds. The third-order valence-corrected chi connectivity index (χ3v) is 5.34. The summed E-state index contributed by atoms with van der Waals surface area (Å²) in [7, 11) is 0. The molecule has 7 heteroatoms. The average molecular weight is 437 g/mol. The number of hydrogen-bond acceptors (Lipinski definition) is 4. The van der Waals surface area contributed by atoms with E-state index in [0.29, 0.717) is 11.4 Å². The van der Waals surface area contributed by atoms with Crippen LogP contribution in [0.1, 0.15) is 16.3 Å². The van der Waals surface area contributed by atoms with E-state index < -0.39 is 17.5 Å². The van der Waals surface area contributed by atoms with Crippen LogP contribution in [-0.4, -0.2) is 5.91 Å². The number of hydrogen-bond donors (Lipinski definition) is 1.